The maximum atomic E-state index is 5.96. The second kappa shape index (κ2) is 8.28. The zero-order valence-corrected chi connectivity index (χ0v) is 15.2. The van der Waals surface area contributed by atoms with Gasteiger partial charge in [-0.25, -0.2) is 0 Å². The van der Waals surface area contributed by atoms with E-state index in [0.29, 0.717) is 23.0 Å². The molecule has 0 unspecified atom stereocenters. The summed E-state index contributed by atoms with van der Waals surface area (Å²) in [4.78, 5) is 0. The van der Waals surface area contributed by atoms with E-state index in [2.05, 4.69) is 19.1 Å². The van der Waals surface area contributed by atoms with Crippen molar-refractivity contribution in [1.29, 1.82) is 0 Å². The molecular formula is C22H30N2O. The summed E-state index contributed by atoms with van der Waals surface area (Å²) in [6.45, 7) is 2.28. The van der Waals surface area contributed by atoms with Crippen LogP contribution in [0.4, 0.5) is 11.4 Å². The van der Waals surface area contributed by atoms with Gasteiger partial charge in [-0.05, 0) is 73.4 Å². The van der Waals surface area contributed by atoms with Gasteiger partial charge in [0.2, 0.25) is 0 Å². The molecule has 1 fully saturated rings. The van der Waals surface area contributed by atoms with Crippen molar-refractivity contribution in [2.75, 3.05) is 11.5 Å². The summed E-state index contributed by atoms with van der Waals surface area (Å²) in [7, 11) is 0. The number of hydrogen-bond acceptors (Lipinski definition) is 3. The summed E-state index contributed by atoms with van der Waals surface area (Å²) in [5.74, 6) is 3.12. The average molecular weight is 338 g/mol. The summed E-state index contributed by atoms with van der Waals surface area (Å²) in [6, 6.07) is 13.9. The number of unbranched alkanes of at least 4 members (excludes halogenated alkanes) is 1. The standard InChI is InChI=1S/C22H30N2O/c1-2-3-4-16-5-7-17(8-6-16)18-9-12-20(13-10-18)25-22-14-11-19(23)15-21(22)24/h9-17H,2-8,23-24H2,1H3. The molecule has 0 radical (unpaired) electrons. The number of hydrogen-bond donors (Lipinski definition) is 2. The Balaban J connectivity index is 1.57. The minimum Gasteiger partial charge on any atom is -0.455 e. The van der Waals surface area contributed by atoms with Gasteiger partial charge in [-0.2, -0.15) is 0 Å². The quantitative estimate of drug-likeness (QED) is 0.625. The van der Waals surface area contributed by atoms with E-state index in [0.717, 1.165) is 11.7 Å². The van der Waals surface area contributed by atoms with Gasteiger partial charge in [0.05, 0.1) is 5.69 Å². The van der Waals surface area contributed by atoms with Crippen LogP contribution in [0.5, 0.6) is 11.5 Å². The highest BCUT2D eigenvalue weighted by Crippen LogP contribution is 2.38. The summed E-state index contributed by atoms with van der Waals surface area (Å²) in [5.41, 5.74) is 14.3. The van der Waals surface area contributed by atoms with E-state index in [1.807, 2.05) is 18.2 Å². The Morgan fingerprint density at radius 1 is 0.960 bits per heavy atom. The first-order chi connectivity index (χ1) is 12.2. The van der Waals surface area contributed by atoms with Gasteiger partial charge in [-0.1, -0.05) is 38.3 Å². The molecule has 4 N–H and O–H groups in total. The van der Waals surface area contributed by atoms with Crippen molar-refractivity contribution >= 4 is 11.4 Å². The molecule has 0 spiro atoms. The Bertz CT molecular complexity index is 673. The SMILES string of the molecule is CCCCC1CCC(c2ccc(Oc3ccc(N)cc3N)cc2)CC1. The molecule has 3 rings (SSSR count). The Morgan fingerprint density at radius 2 is 1.68 bits per heavy atom. The summed E-state index contributed by atoms with van der Waals surface area (Å²) in [6.07, 6.45) is 9.52. The lowest BCUT2D eigenvalue weighted by Gasteiger charge is -2.28. The van der Waals surface area contributed by atoms with E-state index in [4.69, 9.17) is 16.2 Å². The lowest BCUT2D eigenvalue weighted by Crippen LogP contribution is -2.13. The fourth-order valence-corrected chi connectivity index (χ4v) is 3.87. The third-order valence-corrected chi connectivity index (χ3v) is 5.43. The molecule has 3 heteroatoms. The van der Waals surface area contributed by atoms with E-state index < -0.39 is 0 Å². The van der Waals surface area contributed by atoms with E-state index >= 15 is 0 Å². The van der Waals surface area contributed by atoms with Gasteiger partial charge < -0.3 is 16.2 Å². The van der Waals surface area contributed by atoms with Gasteiger partial charge in [0.15, 0.2) is 0 Å². The molecule has 0 saturated heterocycles. The van der Waals surface area contributed by atoms with E-state index in [1.54, 1.807) is 12.1 Å². The Hall–Kier alpha value is -2.16. The van der Waals surface area contributed by atoms with Crippen LogP contribution >= 0.6 is 0 Å². The normalized spacial score (nSPS) is 20.4. The Morgan fingerprint density at radius 3 is 2.32 bits per heavy atom. The number of ether oxygens (including phenoxy) is 1. The minimum absolute atomic E-state index is 0.564. The monoisotopic (exact) mass is 338 g/mol. The molecule has 0 bridgehead atoms. The largest absolute Gasteiger partial charge is 0.455 e. The van der Waals surface area contributed by atoms with Crippen molar-refractivity contribution < 1.29 is 4.74 Å². The van der Waals surface area contributed by atoms with E-state index in [-0.39, 0.29) is 0 Å². The van der Waals surface area contributed by atoms with Crippen molar-refractivity contribution in [2.45, 2.75) is 57.8 Å². The molecule has 1 aliphatic carbocycles. The molecule has 0 atom stereocenters. The summed E-state index contributed by atoms with van der Waals surface area (Å²) >= 11 is 0. The number of nitrogen functional groups attached to an aromatic ring is 2. The van der Waals surface area contributed by atoms with Gasteiger partial charge in [0.1, 0.15) is 11.5 Å². The maximum absolute atomic E-state index is 5.96. The molecule has 0 aliphatic heterocycles. The van der Waals surface area contributed by atoms with Gasteiger partial charge in [0.25, 0.3) is 0 Å². The summed E-state index contributed by atoms with van der Waals surface area (Å²) < 4.78 is 5.89. The zero-order chi connectivity index (χ0) is 17.6. The molecule has 1 saturated carbocycles. The molecule has 2 aromatic carbocycles. The maximum Gasteiger partial charge on any atom is 0.150 e. The van der Waals surface area contributed by atoms with Gasteiger partial charge >= 0.3 is 0 Å². The van der Waals surface area contributed by atoms with Crippen molar-refractivity contribution in [2.24, 2.45) is 5.92 Å². The van der Waals surface area contributed by atoms with Crippen LogP contribution in [-0.2, 0) is 0 Å². The lowest BCUT2D eigenvalue weighted by atomic mass is 9.77. The Kier molecular flexibility index (Phi) is 5.85. The highest BCUT2D eigenvalue weighted by molar-refractivity contribution is 5.61. The van der Waals surface area contributed by atoms with Crippen molar-refractivity contribution in [3.05, 3.63) is 48.0 Å². The second-order valence-corrected chi connectivity index (χ2v) is 7.33. The molecule has 1 aliphatic rings. The zero-order valence-electron chi connectivity index (χ0n) is 15.2. The van der Waals surface area contributed by atoms with Crippen LogP contribution in [0.3, 0.4) is 0 Å². The topological polar surface area (TPSA) is 61.3 Å². The average Bonchev–Trinajstić information content (AvgIpc) is 2.63. The lowest BCUT2D eigenvalue weighted by molar-refractivity contribution is 0.304. The first-order valence-corrected chi connectivity index (χ1v) is 9.58. The Labute approximate surface area is 151 Å². The smallest absolute Gasteiger partial charge is 0.150 e. The molecule has 3 nitrogen and oxygen atoms in total. The van der Waals surface area contributed by atoms with Gasteiger partial charge in [-0.3, -0.25) is 0 Å². The van der Waals surface area contributed by atoms with Crippen LogP contribution in [0.25, 0.3) is 0 Å². The van der Waals surface area contributed by atoms with Crippen LogP contribution in [0, 0.1) is 5.92 Å². The number of rotatable bonds is 6. The van der Waals surface area contributed by atoms with E-state index in [1.165, 1.54) is 50.5 Å². The van der Waals surface area contributed by atoms with E-state index in [9.17, 15) is 0 Å². The molecule has 25 heavy (non-hydrogen) atoms. The first-order valence-electron chi connectivity index (χ1n) is 9.58. The number of benzene rings is 2. The van der Waals surface area contributed by atoms with Crippen LogP contribution in [0.2, 0.25) is 0 Å². The van der Waals surface area contributed by atoms with Crippen molar-refractivity contribution in [3.8, 4) is 11.5 Å². The first kappa shape index (κ1) is 17.7. The number of nitrogens with two attached hydrogens (primary N) is 2. The van der Waals surface area contributed by atoms with Crippen molar-refractivity contribution in [3.63, 3.8) is 0 Å². The van der Waals surface area contributed by atoms with Crippen LogP contribution in [-0.4, -0.2) is 0 Å². The minimum atomic E-state index is 0.564. The third-order valence-electron chi connectivity index (χ3n) is 5.43. The van der Waals surface area contributed by atoms with Crippen LogP contribution in [0.15, 0.2) is 42.5 Å². The fourth-order valence-electron chi connectivity index (χ4n) is 3.87. The fraction of sp³-hybridized carbons (Fsp3) is 0.455. The third kappa shape index (κ3) is 4.68. The highest BCUT2D eigenvalue weighted by atomic mass is 16.5. The van der Waals surface area contributed by atoms with Gasteiger partial charge in [-0.15, -0.1) is 0 Å². The highest BCUT2D eigenvalue weighted by Gasteiger charge is 2.21. The molecular weight excluding hydrogens is 308 g/mol. The predicted octanol–water partition coefficient (Wildman–Crippen LogP) is 6.11. The second-order valence-electron chi connectivity index (χ2n) is 7.33. The summed E-state index contributed by atoms with van der Waals surface area (Å²) in [5, 5.41) is 0. The van der Waals surface area contributed by atoms with Crippen LogP contribution in [0.1, 0.15) is 63.4 Å². The van der Waals surface area contributed by atoms with Crippen molar-refractivity contribution in [1.82, 2.24) is 0 Å². The molecule has 134 valence electrons. The molecule has 0 amide bonds. The molecule has 0 heterocycles. The van der Waals surface area contributed by atoms with Crippen LogP contribution < -0.4 is 16.2 Å². The molecule has 0 aromatic heterocycles. The molecule has 2 aromatic rings. The number of anilines is 2. The predicted molar refractivity (Wildman–Crippen MR) is 106 cm³/mol. The van der Waals surface area contributed by atoms with Gasteiger partial charge in [0, 0.05) is 5.69 Å².